The maximum atomic E-state index is 5.81. The van der Waals surface area contributed by atoms with Gasteiger partial charge in [0, 0.05) is 25.0 Å². The zero-order chi connectivity index (χ0) is 14.7. The van der Waals surface area contributed by atoms with E-state index in [4.69, 9.17) is 4.74 Å². The Morgan fingerprint density at radius 1 is 1.38 bits per heavy atom. The molecule has 112 valence electrons. The van der Waals surface area contributed by atoms with Gasteiger partial charge in [-0.2, -0.15) is 0 Å². The van der Waals surface area contributed by atoms with Crippen molar-refractivity contribution in [2.24, 2.45) is 5.92 Å². The summed E-state index contributed by atoms with van der Waals surface area (Å²) in [5, 5.41) is 3.57. The van der Waals surface area contributed by atoms with Crippen molar-refractivity contribution < 1.29 is 4.74 Å². The summed E-state index contributed by atoms with van der Waals surface area (Å²) in [6.07, 6.45) is 9.74. The van der Waals surface area contributed by atoms with E-state index in [1.54, 1.807) is 12.5 Å². The predicted octanol–water partition coefficient (Wildman–Crippen LogP) is 2.88. The zero-order valence-corrected chi connectivity index (χ0v) is 12.6. The van der Waals surface area contributed by atoms with Crippen LogP contribution in [0.2, 0.25) is 0 Å². The Balaban J connectivity index is 1.62. The number of pyridine rings is 1. The minimum absolute atomic E-state index is 0.356. The van der Waals surface area contributed by atoms with E-state index in [0.29, 0.717) is 18.1 Å². The van der Waals surface area contributed by atoms with Gasteiger partial charge >= 0.3 is 0 Å². The van der Waals surface area contributed by atoms with Gasteiger partial charge in [0.2, 0.25) is 0 Å². The van der Waals surface area contributed by atoms with Gasteiger partial charge in [0.25, 0.3) is 0 Å². The molecule has 1 saturated heterocycles. The van der Waals surface area contributed by atoms with Gasteiger partial charge in [-0.1, -0.05) is 13.8 Å². The van der Waals surface area contributed by atoms with Gasteiger partial charge in [0.15, 0.2) is 0 Å². The number of nitrogens with zero attached hydrogens (tertiary/aromatic N) is 3. The third kappa shape index (κ3) is 3.42. The molecule has 5 nitrogen and oxygen atoms in total. The van der Waals surface area contributed by atoms with Crippen LogP contribution < -0.4 is 5.32 Å². The quantitative estimate of drug-likeness (QED) is 0.939. The lowest BCUT2D eigenvalue weighted by Crippen LogP contribution is -2.36. The fourth-order valence-corrected chi connectivity index (χ4v) is 2.68. The van der Waals surface area contributed by atoms with Gasteiger partial charge in [-0.3, -0.25) is 4.57 Å². The Morgan fingerprint density at radius 3 is 2.95 bits per heavy atom. The Kier molecular flexibility index (Phi) is 4.20. The number of hydrogen-bond acceptors (Lipinski definition) is 4. The summed E-state index contributed by atoms with van der Waals surface area (Å²) in [7, 11) is 0. The second-order valence-corrected chi connectivity index (χ2v) is 5.89. The van der Waals surface area contributed by atoms with E-state index >= 15 is 0 Å². The third-order valence-corrected chi connectivity index (χ3v) is 3.95. The topological polar surface area (TPSA) is 52.0 Å². The molecule has 2 unspecified atom stereocenters. The SMILES string of the molecule is CC(C)C1CC(Nc2ccc(-n3ccnc3)nc2)CCO1. The highest BCUT2D eigenvalue weighted by molar-refractivity contribution is 5.44. The third-order valence-electron chi connectivity index (χ3n) is 3.95. The molecule has 5 heteroatoms. The van der Waals surface area contributed by atoms with Crippen LogP contribution in [0, 0.1) is 5.92 Å². The maximum Gasteiger partial charge on any atom is 0.137 e. The number of aromatic nitrogens is 3. The zero-order valence-electron chi connectivity index (χ0n) is 12.6. The van der Waals surface area contributed by atoms with Crippen molar-refractivity contribution in [1.29, 1.82) is 0 Å². The van der Waals surface area contributed by atoms with Crippen molar-refractivity contribution in [2.45, 2.75) is 38.8 Å². The molecule has 1 aliphatic rings. The van der Waals surface area contributed by atoms with E-state index in [1.165, 1.54) is 0 Å². The van der Waals surface area contributed by atoms with E-state index < -0.39 is 0 Å². The van der Waals surface area contributed by atoms with Crippen LogP contribution in [0.5, 0.6) is 0 Å². The van der Waals surface area contributed by atoms with Crippen LogP contribution in [0.4, 0.5) is 5.69 Å². The second kappa shape index (κ2) is 6.26. The smallest absolute Gasteiger partial charge is 0.137 e. The molecule has 1 N–H and O–H groups in total. The van der Waals surface area contributed by atoms with E-state index in [1.807, 2.05) is 23.0 Å². The largest absolute Gasteiger partial charge is 0.381 e. The molecule has 1 aliphatic heterocycles. The highest BCUT2D eigenvalue weighted by atomic mass is 16.5. The standard InChI is InChI=1S/C16H22N4O/c1-12(2)15-9-13(5-8-21-15)19-14-3-4-16(18-10-14)20-7-6-17-11-20/h3-4,6-7,10-13,15,19H,5,8-9H2,1-2H3. The van der Waals surface area contributed by atoms with E-state index in [9.17, 15) is 0 Å². The first-order chi connectivity index (χ1) is 10.2. The lowest BCUT2D eigenvalue weighted by atomic mass is 9.95. The number of imidazole rings is 1. The second-order valence-electron chi connectivity index (χ2n) is 5.89. The fraction of sp³-hybridized carbons (Fsp3) is 0.500. The molecule has 0 saturated carbocycles. The molecule has 3 rings (SSSR count). The molecule has 2 aromatic rings. The van der Waals surface area contributed by atoms with E-state index in [-0.39, 0.29) is 0 Å². The van der Waals surface area contributed by atoms with Crippen molar-refractivity contribution in [3.63, 3.8) is 0 Å². The first kappa shape index (κ1) is 14.1. The number of nitrogens with one attached hydrogen (secondary N) is 1. The summed E-state index contributed by atoms with van der Waals surface area (Å²) >= 11 is 0. The van der Waals surface area contributed by atoms with Crippen molar-refractivity contribution in [1.82, 2.24) is 14.5 Å². The molecule has 0 aromatic carbocycles. The normalized spacial score (nSPS) is 22.4. The summed E-state index contributed by atoms with van der Waals surface area (Å²) in [6, 6.07) is 4.54. The van der Waals surface area contributed by atoms with Crippen LogP contribution in [-0.2, 0) is 4.74 Å². The molecule has 0 radical (unpaired) electrons. The molecular weight excluding hydrogens is 264 g/mol. The number of anilines is 1. The number of hydrogen-bond donors (Lipinski definition) is 1. The van der Waals surface area contributed by atoms with Crippen LogP contribution in [0.3, 0.4) is 0 Å². The first-order valence-electron chi connectivity index (χ1n) is 7.55. The van der Waals surface area contributed by atoms with Crippen LogP contribution in [0.1, 0.15) is 26.7 Å². The van der Waals surface area contributed by atoms with Gasteiger partial charge < -0.3 is 10.1 Å². The lowest BCUT2D eigenvalue weighted by Gasteiger charge is -2.32. The lowest BCUT2D eigenvalue weighted by molar-refractivity contribution is -0.0160. The molecule has 0 amide bonds. The van der Waals surface area contributed by atoms with E-state index in [2.05, 4.69) is 35.2 Å². The van der Waals surface area contributed by atoms with Crippen LogP contribution in [0.25, 0.3) is 5.82 Å². The number of rotatable bonds is 4. The Morgan fingerprint density at radius 2 is 2.29 bits per heavy atom. The van der Waals surface area contributed by atoms with Crippen LogP contribution >= 0.6 is 0 Å². The summed E-state index contributed by atoms with van der Waals surface area (Å²) in [4.78, 5) is 8.50. The summed E-state index contributed by atoms with van der Waals surface area (Å²) in [6.45, 7) is 5.27. The van der Waals surface area contributed by atoms with Gasteiger partial charge in [0.1, 0.15) is 12.1 Å². The Hall–Kier alpha value is -1.88. The average Bonchev–Trinajstić information content (AvgIpc) is 3.02. The minimum atomic E-state index is 0.356. The molecule has 0 bridgehead atoms. The molecule has 3 heterocycles. The summed E-state index contributed by atoms with van der Waals surface area (Å²) in [5.74, 6) is 1.45. The minimum Gasteiger partial charge on any atom is -0.381 e. The maximum absolute atomic E-state index is 5.81. The summed E-state index contributed by atoms with van der Waals surface area (Å²) < 4.78 is 7.71. The monoisotopic (exact) mass is 286 g/mol. The van der Waals surface area contributed by atoms with Gasteiger partial charge in [-0.05, 0) is 30.9 Å². The Bertz CT molecular complexity index is 550. The molecule has 2 aromatic heterocycles. The predicted molar refractivity (Wildman–Crippen MR) is 82.6 cm³/mol. The average molecular weight is 286 g/mol. The molecular formula is C16H22N4O. The van der Waals surface area contributed by atoms with E-state index in [0.717, 1.165) is 31.0 Å². The molecule has 0 aliphatic carbocycles. The number of ether oxygens (including phenoxy) is 1. The molecule has 0 spiro atoms. The highest BCUT2D eigenvalue weighted by Gasteiger charge is 2.24. The molecule has 21 heavy (non-hydrogen) atoms. The molecule has 2 atom stereocenters. The van der Waals surface area contributed by atoms with Crippen molar-refractivity contribution in [3.05, 3.63) is 37.1 Å². The van der Waals surface area contributed by atoms with Gasteiger partial charge in [-0.15, -0.1) is 0 Å². The van der Waals surface area contributed by atoms with Crippen LogP contribution in [0.15, 0.2) is 37.1 Å². The van der Waals surface area contributed by atoms with Crippen molar-refractivity contribution >= 4 is 5.69 Å². The van der Waals surface area contributed by atoms with Crippen LogP contribution in [-0.4, -0.2) is 33.3 Å². The summed E-state index contributed by atoms with van der Waals surface area (Å²) in [5.41, 5.74) is 1.06. The van der Waals surface area contributed by atoms with Gasteiger partial charge in [-0.25, -0.2) is 9.97 Å². The Labute approximate surface area is 125 Å². The fourth-order valence-electron chi connectivity index (χ4n) is 2.68. The van der Waals surface area contributed by atoms with Gasteiger partial charge in [0.05, 0.1) is 18.0 Å². The van der Waals surface area contributed by atoms with Crippen molar-refractivity contribution in [2.75, 3.05) is 11.9 Å². The van der Waals surface area contributed by atoms with Crippen molar-refractivity contribution in [3.8, 4) is 5.82 Å². The highest BCUT2D eigenvalue weighted by Crippen LogP contribution is 2.23. The molecule has 1 fully saturated rings. The first-order valence-corrected chi connectivity index (χ1v) is 7.55.